The molecule has 1 amide bonds. The summed E-state index contributed by atoms with van der Waals surface area (Å²) in [6.45, 7) is -0.0200. The van der Waals surface area contributed by atoms with Crippen LogP contribution in [0.25, 0.3) is 0 Å². The van der Waals surface area contributed by atoms with Gasteiger partial charge in [0.2, 0.25) is 5.91 Å². The van der Waals surface area contributed by atoms with Crippen molar-refractivity contribution >= 4 is 27.1 Å². The molecule has 2 aliphatic heterocycles. The molecule has 0 aromatic heterocycles. The molecular weight excluding hydrogens is 278 g/mol. The zero-order valence-electron chi connectivity index (χ0n) is 9.69. The molecule has 5 nitrogen and oxygen atoms in total. The molecular formula is C11H10F2N2O3S. The highest BCUT2D eigenvalue weighted by atomic mass is 32.2. The first-order valence-corrected chi connectivity index (χ1v) is 7.47. The van der Waals surface area contributed by atoms with Crippen LogP contribution in [-0.2, 0) is 14.6 Å². The summed E-state index contributed by atoms with van der Waals surface area (Å²) >= 11 is 0. The Morgan fingerprint density at radius 3 is 2.79 bits per heavy atom. The lowest BCUT2D eigenvalue weighted by Crippen LogP contribution is -2.57. The molecule has 1 aromatic carbocycles. The third kappa shape index (κ3) is 1.86. The first kappa shape index (κ1) is 12.3. The predicted molar refractivity (Wildman–Crippen MR) is 64.8 cm³/mol. The monoisotopic (exact) mass is 288 g/mol. The molecule has 1 aromatic rings. The van der Waals surface area contributed by atoms with Crippen LogP contribution in [0.4, 0.5) is 20.2 Å². The third-order valence-corrected chi connectivity index (χ3v) is 4.98. The maximum Gasteiger partial charge on any atom is 0.248 e. The van der Waals surface area contributed by atoms with Crippen molar-refractivity contribution in [1.29, 1.82) is 0 Å². The molecule has 0 saturated carbocycles. The SMILES string of the molecule is O=C1Nc2ccc(F)c(F)c2N2CCS(=O)(=O)CC12. The first-order chi connectivity index (χ1) is 8.89. The maximum absolute atomic E-state index is 13.9. The largest absolute Gasteiger partial charge is 0.353 e. The van der Waals surface area contributed by atoms with E-state index in [4.69, 9.17) is 0 Å². The van der Waals surface area contributed by atoms with Gasteiger partial charge < -0.3 is 10.2 Å². The van der Waals surface area contributed by atoms with Crippen molar-refractivity contribution < 1.29 is 22.0 Å². The number of hydrogen-bond donors (Lipinski definition) is 1. The zero-order chi connectivity index (χ0) is 13.8. The Balaban J connectivity index is 2.13. The van der Waals surface area contributed by atoms with E-state index >= 15 is 0 Å². The first-order valence-electron chi connectivity index (χ1n) is 5.65. The molecule has 3 rings (SSSR count). The number of carbonyl (C=O) groups excluding carboxylic acids is 1. The third-order valence-electron chi connectivity index (χ3n) is 3.35. The summed E-state index contributed by atoms with van der Waals surface area (Å²) in [5.41, 5.74) is 0.0962. The van der Waals surface area contributed by atoms with Crippen molar-refractivity contribution in [1.82, 2.24) is 0 Å². The number of benzene rings is 1. The number of sulfone groups is 1. The van der Waals surface area contributed by atoms with Crippen LogP contribution in [0.15, 0.2) is 12.1 Å². The molecule has 19 heavy (non-hydrogen) atoms. The second-order valence-corrected chi connectivity index (χ2v) is 6.80. The van der Waals surface area contributed by atoms with Gasteiger partial charge in [0.15, 0.2) is 21.5 Å². The van der Waals surface area contributed by atoms with E-state index in [2.05, 4.69) is 5.32 Å². The lowest BCUT2D eigenvalue weighted by Gasteiger charge is -2.40. The molecule has 1 N–H and O–H groups in total. The van der Waals surface area contributed by atoms with Gasteiger partial charge in [0, 0.05) is 6.54 Å². The van der Waals surface area contributed by atoms with Crippen LogP contribution in [0.3, 0.4) is 0 Å². The van der Waals surface area contributed by atoms with Gasteiger partial charge >= 0.3 is 0 Å². The summed E-state index contributed by atoms with van der Waals surface area (Å²) in [6.07, 6.45) is 0. The minimum atomic E-state index is -3.33. The van der Waals surface area contributed by atoms with Gasteiger partial charge in [-0.1, -0.05) is 0 Å². The number of carbonyl (C=O) groups is 1. The van der Waals surface area contributed by atoms with Gasteiger partial charge in [-0.25, -0.2) is 17.2 Å². The van der Waals surface area contributed by atoms with Gasteiger partial charge in [0.1, 0.15) is 11.7 Å². The number of anilines is 2. The quantitative estimate of drug-likeness (QED) is 0.756. The van der Waals surface area contributed by atoms with Gasteiger partial charge in [-0.15, -0.1) is 0 Å². The molecule has 2 heterocycles. The Labute approximate surface area is 108 Å². The second-order valence-electron chi connectivity index (χ2n) is 4.57. The van der Waals surface area contributed by atoms with E-state index in [1.807, 2.05) is 0 Å². The van der Waals surface area contributed by atoms with Crippen LogP contribution in [0.5, 0.6) is 0 Å². The second kappa shape index (κ2) is 3.89. The van der Waals surface area contributed by atoms with E-state index in [1.165, 1.54) is 11.0 Å². The lowest BCUT2D eigenvalue weighted by atomic mass is 10.1. The van der Waals surface area contributed by atoms with Crippen LogP contribution in [-0.4, -0.2) is 38.4 Å². The molecule has 8 heteroatoms. The molecule has 102 valence electrons. The van der Waals surface area contributed by atoms with E-state index in [0.717, 1.165) is 6.07 Å². The standard InChI is InChI=1S/C11H10F2N2O3S/c12-6-1-2-7-10(9(6)13)15-3-4-19(17,18)5-8(15)11(16)14-7/h1-2,8H,3-5H2,(H,14,16). The molecule has 1 unspecified atom stereocenters. The number of rotatable bonds is 0. The summed E-state index contributed by atoms with van der Waals surface area (Å²) in [6, 6.07) is 1.20. The number of fused-ring (bicyclic) bond motifs is 3. The minimum absolute atomic E-state index is 0.0200. The molecule has 1 atom stereocenters. The minimum Gasteiger partial charge on any atom is -0.353 e. The number of halogens is 2. The summed E-state index contributed by atoms with van der Waals surface area (Å²) in [5.74, 6) is -3.16. The van der Waals surface area contributed by atoms with E-state index in [1.54, 1.807) is 0 Å². The highest BCUT2D eigenvalue weighted by Gasteiger charge is 2.41. The Morgan fingerprint density at radius 2 is 2.05 bits per heavy atom. The van der Waals surface area contributed by atoms with Crippen molar-refractivity contribution in [2.75, 3.05) is 28.3 Å². The van der Waals surface area contributed by atoms with Crippen LogP contribution >= 0.6 is 0 Å². The van der Waals surface area contributed by atoms with Crippen molar-refractivity contribution in [2.24, 2.45) is 0 Å². The van der Waals surface area contributed by atoms with Crippen molar-refractivity contribution in [2.45, 2.75) is 6.04 Å². The fraction of sp³-hybridized carbons (Fsp3) is 0.364. The lowest BCUT2D eigenvalue weighted by molar-refractivity contribution is -0.117. The van der Waals surface area contributed by atoms with Gasteiger partial charge in [0.05, 0.1) is 17.2 Å². The summed E-state index contributed by atoms with van der Waals surface area (Å²) in [7, 11) is -3.33. The highest BCUT2D eigenvalue weighted by Crippen LogP contribution is 2.37. The van der Waals surface area contributed by atoms with Crippen molar-refractivity contribution in [3.63, 3.8) is 0 Å². The van der Waals surface area contributed by atoms with E-state index in [9.17, 15) is 22.0 Å². The average molecular weight is 288 g/mol. The van der Waals surface area contributed by atoms with Crippen LogP contribution in [0.1, 0.15) is 0 Å². The molecule has 0 bridgehead atoms. The molecule has 0 aliphatic carbocycles. The predicted octanol–water partition coefficient (Wildman–Crippen LogP) is 0.520. The van der Waals surface area contributed by atoms with Gasteiger partial charge in [0.25, 0.3) is 0 Å². The number of hydrogen-bond acceptors (Lipinski definition) is 4. The van der Waals surface area contributed by atoms with Crippen LogP contribution < -0.4 is 10.2 Å². The molecule has 2 aliphatic rings. The fourth-order valence-corrected chi connectivity index (χ4v) is 3.88. The summed E-state index contributed by atoms with van der Waals surface area (Å²) in [5, 5.41) is 2.41. The Morgan fingerprint density at radius 1 is 1.32 bits per heavy atom. The summed E-state index contributed by atoms with van der Waals surface area (Å²) in [4.78, 5) is 13.2. The summed E-state index contributed by atoms with van der Waals surface area (Å²) < 4.78 is 50.2. The Bertz CT molecular complexity index is 675. The highest BCUT2D eigenvalue weighted by molar-refractivity contribution is 7.91. The van der Waals surface area contributed by atoms with Crippen molar-refractivity contribution in [3.05, 3.63) is 23.8 Å². The number of amides is 1. The smallest absolute Gasteiger partial charge is 0.248 e. The van der Waals surface area contributed by atoms with Gasteiger partial charge in [-0.2, -0.15) is 0 Å². The van der Waals surface area contributed by atoms with Crippen LogP contribution in [0, 0.1) is 11.6 Å². The Hall–Kier alpha value is -1.70. The van der Waals surface area contributed by atoms with E-state index < -0.39 is 33.4 Å². The van der Waals surface area contributed by atoms with E-state index in [0.29, 0.717) is 0 Å². The van der Waals surface area contributed by atoms with Crippen LogP contribution in [0.2, 0.25) is 0 Å². The maximum atomic E-state index is 13.9. The number of nitrogens with one attached hydrogen (secondary N) is 1. The fourth-order valence-electron chi connectivity index (χ4n) is 2.43. The molecule has 1 fully saturated rings. The molecule has 0 spiro atoms. The topological polar surface area (TPSA) is 66.5 Å². The normalized spacial score (nSPS) is 24.4. The zero-order valence-corrected chi connectivity index (χ0v) is 10.5. The van der Waals surface area contributed by atoms with Crippen molar-refractivity contribution in [3.8, 4) is 0 Å². The van der Waals surface area contributed by atoms with E-state index in [-0.39, 0.29) is 29.4 Å². The molecule has 0 radical (unpaired) electrons. The Kier molecular flexibility index (Phi) is 2.53. The van der Waals surface area contributed by atoms with Gasteiger partial charge in [-0.05, 0) is 12.1 Å². The van der Waals surface area contributed by atoms with Gasteiger partial charge in [-0.3, -0.25) is 4.79 Å². The average Bonchev–Trinajstić information content (AvgIpc) is 2.34. The molecule has 1 saturated heterocycles. The number of nitrogens with zero attached hydrogens (tertiary/aromatic N) is 1.